The van der Waals surface area contributed by atoms with Crippen LogP contribution in [0, 0.1) is 0 Å². The summed E-state index contributed by atoms with van der Waals surface area (Å²) >= 11 is 9.08. The molecule has 23 heavy (non-hydrogen) atoms. The summed E-state index contributed by atoms with van der Waals surface area (Å²) in [5.74, 6) is -0.662. The first-order valence-electron chi connectivity index (χ1n) is 6.45. The van der Waals surface area contributed by atoms with Crippen molar-refractivity contribution in [1.29, 1.82) is 0 Å². The molecule has 0 spiro atoms. The molecule has 0 saturated carbocycles. The van der Waals surface area contributed by atoms with Gasteiger partial charge in [-0.3, -0.25) is 9.10 Å². The van der Waals surface area contributed by atoms with E-state index in [9.17, 15) is 13.2 Å². The van der Waals surface area contributed by atoms with Crippen LogP contribution in [-0.4, -0.2) is 28.0 Å². The number of hydrogen-bond donors (Lipinski definition) is 0. The van der Waals surface area contributed by atoms with E-state index in [0.29, 0.717) is 10.7 Å². The van der Waals surface area contributed by atoms with E-state index in [1.165, 1.54) is 31.4 Å². The smallest absolute Gasteiger partial charge is 0.326 e. The van der Waals surface area contributed by atoms with Crippen LogP contribution < -0.4 is 4.31 Å². The van der Waals surface area contributed by atoms with Gasteiger partial charge in [-0.2, -0.15) is 0 Å². The normalized spacial score (nSPS) is 11.1. The lowest BCUT2D eigenvalue weighted by molar-refractivity contribution is -0.138. The molecule has 0 heterocycles. The Morgan fingerprint density at radius 2 is 1.70 bits per heavy atom. The number of rotatable bonds is 5. The maximum Gasteiger partial charge on any atom is 0.326 e. The summed E-state index contributed by atoms with van der Waals surface area (Å²) in [6.07, 6.45) is 0. The van der Waals surface area contributed by atoms with Crippen LogP contribution in [0.5, 0.6) is 0 Å². The highest BCUT2D eigenvalue weighted by Gasteiger charge is 2.27. The topological polar surface area (TPSA) is 63.7 Å². The molecule has 122 valence electrons. The summed E-state index contributed by atoms with van der Waals surface area (Å²) in [5.41, 5.74) is 0.355. The summed E-state index contributed by atoms with van der Waals surface area (Å²) in [7, 11) is -2.72. The largest absolute Gasteiger partial charge is 0.468 e. The van der Waals surface area contributed by atoms with Gasteiger partial charge in [-0.05, 0) is 48.5 Å². The van der Waals surface area contributed by atoms with Gasteiger partial charge in [0.25, 0.3) is 10.0 Å². The standard InChI is InChI=1S/C15H13BrClNO4S/c1-22-15(19)10-18(13-6-2-11(16)3-7-13)23(20,21)14-8-4-12(17)5-9-14/h2-9H,10H2,1H3. The molecule has 2 aromatic rings. The Balaban J connectivity index is 2.49. The van der Waals surface area contributed by atoms with Crippen LogP contribution in [0.2, 0.25) is 5.02 Å². The summed E-state index contributed by atoms with van der Waals surface area (Å²) in [5, 5.41) is 0.423. The second-order valence-electron chi connectivity index (χ2n) is 4.52. The molecule has 0 aliphatic rings. The zero-order chi connectivity index (χ0) is 17.0. The Hall–Kier alpha value is -1.57. The maximum atomic E-state index is 12.8. The Kier molecular flexibility index (Phi) is 5.67. The molecule has 0 fully saturated rings. The van der Waals surface area contributed by atoms with Crippen molar-refractivity contribution < 1.29 is 17.9 Å². The number of sulfonamides is 1. The minimum Gasteiger partial charge on any atom is -0.468 e. The second-order valence-corrected chi connectivity index (χ2v) is 7.73. The number of carbonyl (C=O) groups excluding carboxylic acids is 1. The number of anilines is 1. The van der Waals surface area contributed by atoms with Crippen LogP contribution >= 0.6 is 27.5 Å². The SMILES string of the molecule is COC(=O)CN(c1ccc(Br)cc1)S(=O)(=O)c1ccc(Cl)cc1. The third kappa shape index (κ3) is 4.25. The fraction of sp³-hybridized carbons (Fsp3) is 0.133. The number of benzene rings is 2. The molecule has 0 aliphatic carbocycles. The Morgan fingerprint density at radius 3 is 2.22 bits per heavy atom. The predicted molar refractivity (Wildman–Crippen MR) is 92.1 cm³/mol. The average molecular weight is 419 g/mol. The van der Waals surface area contributed by atoms with Crippen LogP contribution in [0.3, 0.4) is 0 Å². The highest BCUT2D eigenvalue weighted by atomic mass is 79.9. The zero-order valence-corrected chi connectivity index (χ0v) is 15.2. The Morgan fingerprint density at radius 1 is 1.13 bits per heavy atom. The van der Waals surface area contributed by atoms with Crippen molar-refractivity contribution >= 4 is 49.2 Å². The van der Waals surface area contributed by atoms with E-state index in [4.69, 9.17) is 11.6 Å². The number of esters is 1. The number of nitrogens with zero attached hydrogens (tertiary/aromatic N) is 1. The molecule has 0 aromatic heterocycles. The van der Waals surface area contributed by atoms with Crippen molar-refractivity contribution in [2.24, 2.45) is 0 Å². The van der Waals surface area contributed by atoms with Crippen molar-refractivity contribution in [1.82, 2.24) is 0 Å². The number of hydrogen-bond acceptors (Lipinski definition) is 4. The zero-order valence-electron chi connectivity index (χ0n) is 12.1. The van der Waals surface area contributed by atoms with Crippen molar-refractivity contribution in [3.63, 3.8) is 0 Å². The van der Waals surface area contributed by atoms with Crippen LogP contribution in [0.1, 0.15) is 0 Å². The number of methoxy groups -OCH3 is 1. The van der Waals surface area contributed by atoms with E-state index in [1.54, 1.807) is 24.3 Å². The number of ether oxygens (including phenoxy) is 1. The first-order valence-corrected chi connectivity index (χ1v) is 9.06. The number of halogens is 2. The summed E-state index contributed by atoms with van der Waals surface area (Å²) in [4.78, 5) is 11.7. The van der Waals surface area contributed by atoms with Gasteiger partial charge in [-0.1, -0.05) is 27.5 Å². The van der Waals surface area contributed by atoms with E-state index in [0.717, 1.165) is 8.78 Å². The minimum atomic E-state index is -3.93. The van der Waals surface area contributed by atoms with E-state index in [2.05, 4.69) is 20.7 Å². The van der Waals surface area contributed by atoms with E-state index >= 15 is 0 Å². The average Bonchev–Trinajstić information content (AvgIpc) is 2.53. The lowest BCUT2D eigenvalue weighted by Gasteiger charge is -2.23. The third-order valence-corrected chi connectivity index (χ3v) is 5.59. The third-order valence-electron chi connectivity index (χ3n) is 3.02. The first-order chi connectivity index (χ1) is 10.8. The van der Waals surface area contributed by atoms with E-state index in [1.807, 2.05) is 0 Å². The molecule has 0 saturated heterocycles. The molecule has 0 bridgehead atoms. The van der Waals surface area contributed by atoms with E-state index < -0.39 is 22.5 Å². The molecule has 8 heteroatoms. The van der Waals surface area contributed by atoms with Gasteiger partial charge in [0.15, 0.2) is 0 Å². The van der Waals surface area contributed by atoms with Gasteiger partial charge in [-0.15, -0.1) is 0 Å². The molecule has 2 rings (SSSR count). The van der Waals surface area contributed by atoms with Gasteiger partial charge < -0.3 is 4.74 Å². The summed E-state index contributed by atoms with van der Waals surface area (Å²) in [6.45, 7) is -0.427. The van der Waals surface area contributed by atoms with Gasteiger partial charge in [0.05, 0.1) is 17.7 Å². The molecule has 2 aromatic carbocycles. The van der Waals surface area contributed by atoms with Gasteiger partial charge in [0.1, 0.15) is 6.54 Å². The van der Waals surface area contributed by atoms with Gasteiger partial charge in [0, 0.05) is 9.50 Å². The van der Waals surface area contributed by atoms with Crippen molar-refractivity contribution in [2.45, 2.75) is 4.90 Å². The monoisotopic (exact) mass is 417 g/mol. The summed E-state index contributed by atoms with van der Waals surface area (Å²) < 4.78 is 32.1. The minimum absolute atomic E-state index is 0.0359. The van der Waals surface area contributed by atoms with Gasteiger partial charge in [0.2, 0.25) is 0 Å². The molecule has 5 nitrogen and oxygen atoms in total. The lowest BCUT2D eigenvalue weighted by Crippen LogP contribution is -2.36. The van der Waals surface area contributed by atoms with Crippen LogP contribution in [0.15, 0.2) is 57.9 Å². The highest BCUT2D eigenvalue weighted by Crippen LogP contribution is 2.26. The van der Waals surface area contributed by atoms with Crippen molar-refractivity contribution in [3.8, 4) is 0 Å². The molecule has 0 N–H and O–H groups in total. The van der Waals surface area contributed by atoms with Crippen molar-refractivity contribution in [2.75, 3.05) is 18.0 Å². The fourth-order valence-corrected chi connectivity index (χ4v) is 3.64. The Bertz CT molecular complexity index is 791. The predicted octanol–water partition coefficient (Wildman–Crippen LogP) is 3.47. The van der Waals surface area contributed by atoms with E-state index in [-0.39, 0.29) is 4.90 Å². The Labute approximate surface area is 148 Å². The molecular formula is C15H13BrClNO4S. The molecule has 0 unspecified atom stereocenters. The van der Waals surface area contributed by atoms with Crippen LogP contribution in [0.25, 0.3) is 0 Å². The lowest BCUT2D eigenvalue weighted by atomic mass is 10.3. The van der Waals surface area contributed by atoms with Gasteiger partial charge >= 0.3 is 5.97 Å². The van der Waals surface area contributed by atoms with Crippen molar-refractivity contribution in [3.05, 3.63) is 58.0 Å². The quantitative estimate of drug-likeness (QED) is 0.698. The van der Waals surface area contributed by atoms with Crippen LogP contribution in [-0.2, 0) is 19.6 Å². The molecule has 0 aliphatic heterocycles. The number of carbonyl (C=O) groups is 1. The first kappa shape index (κ1) is 17.8. The summed E-state index contributed by atoms with van der Waals surface area (Å²) in [6, 6.07) is 12.3. The van der Waals surface area contributed by atoms with Crippen LogP contribution in [0.4, 0.5) is 5.69 Å². The molecule has 0 atom stereocenters. The molecular weight excluding hydrogens is 406 g/mol. The van der Waals surface area contributed by atoms with Gasteiger partial charge in [-0.25, -0.2) is 8.42 Å². The fourth-order valence-electron chi connectivity index (χ4n) is 1.84. The molecule has 0 amide bonds. The maximum absolute atomic E-state index is 12.8. The highest BCUT2D eigenvalue weighted by molar-refractivity contribution is 9.10. The second kappa shape index (κ2) is 7.33. The molecule has 0 radical (unpaired) electrons.